The van der Waals surface area contributed by atoms with Gasteiger partial charge in [-0.1, -0.05) is 69.3 Å². The molecule has 1 unspecified atom stereocenters. The van der Waals surface area contributed by atoms with Crippen LogP contribution in [0.15, 0.2) is 60.3 Å². The number of allylic oxidation sites excluding steroid dienone is 1. The van der Waals surface area contributed by atoms with E-state index in [0.717, 1.165) is 36.1 Å². The number of nitrogens with one attached hydrogen (secondary N) is 2. The molecule has 2 aromatic carbocycles. The van der Waals surface area contributed by atoms with E-state index in [1.807, 2.05) is 18.2 Å². The van der Waals surface area contributed by atoms with E-state index in [0.29, 0.717) is 17.8 Å². The van der Waals surface area contributed by atoms with Gasteiger partial charge in [0, 0.05) is 30.3 Å². The Labute approximate surface area is 172 Å². The monoisotopic (exact) mass is 388 g/mol. The zero-order chi connectivity index (χ0) is 20.2. The summed E-state index contributed by atoms with van der Waals surface area (Å²) >= 11 is 0. The molecule has 1 aliphatic heterocycles. The summed E-state index contributed by atoms with van der Waals surface area (Å²) in [5.74, 6) is 1.19. The quantitative estimate of drug-likeness (QED) is 0.634. The van der Waals surface area contributed by atoms with Gasteiger partial charge in [0.1, 0.15) is 0 Å². The highest BCUT2D eigenvalue weighted by Crippen LogP contribution is 2.30. The second-order valence-electron chi connectivity index (χ2n) is 7.86. The summed E-state index contributed by atoms with van der Waals surface area (Å²) in [7, 11) is 0. The van der Waals surface area contributed by atoms with E-state index in [2.05, 4.69) is 88.2 Å². The molecule has 0 fully saturated rings. The summed E-state index contributed by atoms with van der Waals surface area (Å²) < 4.78 is 0. The van der Waals surface area contributed by atoms with Gasteiger partial charge in [0.15, 0.2) is 0 Å². The van der Waals surface area contributed by atoms with E-state index >= 15 is 0 Å². The average Bonchev–Trinajstić information content (AvgIpc) is 3.40. The first-order valence-electron chi connectivity index (χ1n) is 10.3. The molecule has 2 N–H and O–H groups in total. The number of tetrazole rings is 1. The summed E-state index contributed by atoms with van der Waals surface area (Å²) in [5, 5.41) is 16.8. The van der Waals surface area contributed by atoms with E-state index in [1.54, 1.807) is 0 Å². The van der Waals surface area contributed by atoms with Crippen molar-refractivity contribution < 1.29 is 0 Å². The molecule has 6 heteroatoms. The lowest BCUT2D eigenvalue weighted by Crippen LogP contribution is -2.40. The van der Waals surface area contributed by atoms with Crippen LogP contribution in [0.2, 0.25) is 0 Å². The minimum atomic E-state index is 0.415. The van der Waals surface area contributed by atoms with Gasteiger partial charge in [0.05, 0.1) is 0 Å². The molecule has 0 saturated heterocycles. The smallest absolute Gasteiger partial charge is 0.205 e. The fourth-order valence-corrected chi connectivity index (χ4v) is 3.74. The maximum atomic E-state index is 4.14. The zero-order valence-electron chi connectivity index (χ0n) is 17.3. The van der Waals surface area contributed by atoms with Crippen molar-refractivity contribution >= 4 is 0 Å². The Kier molecular flexibility index (Phi) is 5.71. The summed E-state index contributed by atoms with van der Waals surface area (Å²) in [4.78, 5) is 0. The third-order valence-electron chi connectivity index (χ3n) is 5.35. The number of hydrazine groups is 1. The third-order valence-corrected chi connectivity index (χ3v) is 5.35. The van der Waals surface area contributed by atoms with Crippen LogP contribution in [0.1, 0.15) is 32.8 Å². The lowest BCUT2D eigenvalue weighted by Gasteiger charge is -2.24. The van der Waals surface area contributed by atoms with Gasteiger partial charge in [-0.2, -0.15) is 5.21 Å². The second-order valence-corrected chi connectivity index (χ2v) is 7.86. The van der Waals surface area contributed by atoms with Gasteiger partial charge < -0.3 is 5.01 Å². The Morgan fingerprint density at radius 2 is 1.79 bits per heavy atom. The van der Waals surface area contributed by atoms with Gasteiger partial charge in [0.2, 0.25) is 5.82 Å². The largest absolute Gasteiger partial charge is 0.312 e. The van der Waals surface area contributed by atoms with Gasteiger partial charge in [0.25, 0.3) is 0 Å². The lowest BCUT2D eigenvalue weighted by molar-refractivity contribution is 0.231. The van der Waals surface area contributed by atoms with Crippen LogP contribution in [0.3, 0.4) is 0 Å². The summed E-state index contributed by atoms with van der Waals surface area (Å²) in [6, 6.07) is 17.4. The molecule has 0 spiro atoms. The molecule has 0 radical (unpaired) electrons. The number of rotatable bonds is 7. The number of aromatic amines is 1. The highest BCUT2D eigenvalue weighted by atomic mass is 15.5. The van der Waals surface area contributed by atoms with Crippen molar-refractivity contribution in [3.05, 3.63) is 65.9 Å². The maximum Gasteiger partial charge on any atom is 0.205 e. The number of aromatic nitrogens is 4. The van der Waals surface area contributed by atoms with Crippen molar-refractivity contribution in [1.82, 2.24) is 31.1 Å². The first kappa shape index (κ1) is 19.3. The van der Waals surface area contributed by atoms with Crippen LogP contribution in [0.4, 0.5) is 0 Å². The minimum absolute atomic E-state index is 0.415. The van der Waals surface area contributed by atoms with E-state index < -0.39 is 0 Å². The van der Waals surface area contributed by atoms with Crippen molar-refractivity contribution in [2.24, 2.45) is 5.92 Å². The average molecular weight is 389 g/mol. The number of nitrogens with zero attached hydrogens (tertiary/aromatic N) is 4. The zero-order valence-corrected chi connectivity index (χ0v) is 17.3. The van der Waals surface area contributed by atoms with E-state index in [-0.39, 0.29) is 0 Å². The summed E-state index contributed by atoms with van der Waals surface area (Å²) in [5.41, 5.74) is 9.55. The van der Waals surface area contributed by atoms with Crippen molar-refractivity contribution in [3.63, 3.8) is 0 Å². The number of hydrogen-bond donors (Lipinski definition) is 2. The normalized spacial score (nSPS) is 16.5. The van der Waals surface area contributed by atoms with Crippen molar-refractivity contribution in [2.75, 3.05) is 6.54 Å². The Hall–Kier alpha value is -2.99. The van der Waals surface area contributed by atoms with Crippen molar-refractivity contribution in [1.29, 1.82) is 0 Å². The van der Waals surface area contributed by atoms with Crippen LogP contribution in [0.25, 0.3) is 22.5 Å². The van der Waals surface area contributed by atoms with Gasteiger partial charge >= 0.3 is 0 Å². The van der Waals surface area contributed by atoms with E-state index in [1.165, 1.54) is 11.3 Å². The van der Waals surface area contributed by atoms with Crippen molar-refractivity contribution in [2.45, 2.75) is 39.7 Å². The molecule has 2 heterocycles. The predicted octanol–water partition coefficient (Wildman–Crippen LogP) is 4.21. The highest BCUT2D eigenvalue weighted by molar-refractivity contribution is 5.80. The fraction of sp³-hybridized carbons (Fsp3) is 0.348. The first-order chi connectivity index (χ1) is 14.2. The van der Waals surface area contributed by atoms with Crippen LogP contribution in [0.5, 0.6) is 0 Å². The molecule has 0 amide bonds. The van der Waals surface area contributed by atoms with Crippen LogP contribution in [-0.2, 0) is 6.42 Å². The molecule has 6 nitrogen and oxygen atoms in total. The predicted molar refractivity (Wildman–Crippen MR) is 116 cm³/mol. The second kappa shape index (κ2) is 8.57. The molecular weight excluding hydrogens is 360 g/mol. The molecule has 1 aliphatic rings. The third kappa shape index (κ3) is 4.22. The Morgan fingerprint density at radius 3 is 2.45 bits per heavy atom. The van der Waals surface area contributed by atoms with E-state index in [4.69, 9.17) is 0 Å². The van der Waals surface area contributed by atoms with Crippen LogP contribution >= 0.6 is 0 Å². The molecule has 1 atom stereocenters. The standard InChI is InChI=1S/C23H28N6/c1-4-13-29-19(15-22(26-29)16(2)3)14-17-9-11-18(12-10-17)20-7-5-6-8-21(20)23-24-27-28-25-23/h5-12,15-16,22,26H,4,13-14H2,1-3H3,(H,24,25,27,28). The maximum absolute atomic E-state index is 4.14. The topological polar surface area (TPSA) is 69.7 Å². The minimum Gasteiger partial charge on any atom is -0.312 e. The summed E-state index contributed by atoms with van der Waals surface area (Å²) in [6.07, 6.45) is 4.45. The fourth-order valence-electron chi connectivity index (χ4n) is 3.74. The molecule has 1 aromatic heterocycles. The van der Waals surface area contributed by atoms with Crippen LogP contribution in [-0.4, -0.2) is 38.2 Å². The first-order valence-corrected chi connectivity index (χ1v) is 10.3. The molecule has 0 aliphatic carbocycles. The van der Waals surface area contributed by atoms with Crippen LogP contribution < -0.4 is 5.43 Å². The molecule has 0 saturated carbocycles. The Bertz CT molecular complexity index is 959. The molecular formula is C23H28N6. The molecule has 0 bridgehead atoms. The molecule has 150 valence electrons. The highest BCUT2D eigenvalue weighted by Gasteiger charge is 2.24. The number of hydrogen-bond acceptors (Lipinski definition) is 5. The molecule has 4 rings (SSSR count). The molecule has 29 heavy (non-hydrogen) atoms. The number of H-pyrrole nitrogens is 1. The van der Waals surface area contributed by atoms with E-state index in [9.17, 15) is 0 Å². The Balaban J connectivity index is 1.56. The van der Waals surface area contributed by atoms with Gasteiger partial charge in [-0.15, -0.1) is 10.2 Å². The lowest BCUT2D eigenvalue weighted by atomic mass is 9.97. The van der Waals surface area contributed by atoms with Crippen molar-refractivity contribution in [3.8, 4) is 22.5 Å². The van der Waals surface area contributed by atoms with Crippen LogP contribution in [0, 0.1) is 5.92 Å². The summed E-state index contributed by atoms with van der Waals surface area (Å²) in [6.45, 7) is 7.78. The molecule has 3 aromatic rings. The Morgan fingerprint density at radius 1 is 1.03 bits per heavy atom. The SMILES string of the molecule is CCCN1NC(C(C)C)C=C1Cc1ccc(-c2ccccc2-c2nn[nH]n2)cc1. The van der Waals surface area contributed by atoms with Gasteiger partial charge in [-0.3, -0.25) is 0 Å². The van der Waals surface area contributed by atoms with Gasteiger partial charge in [-0.25, -0.2) is 5.43 Å². The number of benzene rings is 2. The van der Waals surface area contributed by atoms with Gasteiger partial charge in [-0.05, 0) is 40.3 Å².